The number of piperidine rings is 1. The third-order valence-corrected chi connectivity index (χ3v) is 6.96. The van der Waals surface area contributed by atoms with E-state index in [0.717, 1.165) is 6.20 Å². The Hall–Kier alpha value is -2.04. The van der Waals surface area contributed by atoms with Gasteiger partial charge in [0, 0.05) is 42.0 Å². The van der Waals surface area contributed by atoms with Crippen molar-refractivity contribution in [3.05, 3.63) is 41.3 Å². The molecule has 0 atom stereocenters. The molecule has 0 bridgehead atoms. The predicted octanol–water partition coefficient (Wildman–Crippen LogP) is 1.82. The second-order valence-electron chi connectivity index (χ2n) is 6.03. The van der Waals surface area contributed by atoms with Gasteiger partial charge < -0.3 is 0 Å². The fraction of sp³-hybridized carbons (Fsp3) is 0.400. The molecule has 3 aromatic rings. The van der Waals surface area contributed by atoms with Crippen LogP contribution in [0.1, 0.15) is 28.4 Å². The minimum atomic E-state index is -4.03. The van der Waals surface area contributed by atoms with Crippen LogP contribution < -0.4 is 0 Å². The Balaban J connectivity index is 1.54. The predicted molar refractivity (Wildman–Crippen MR) is 91.9 cm³/mol. The highest BCUT2D eigenvalue weighted by Crippen LogP contribution is 2.33. The quantitative estimate of drug-likeness (QED) is 0.668. The van der Waals surface area contributed by atoms with E-state index in [4.69, 9.17) is 15.7 Å². The normalized spacial score (nSPS) is 19.4. The van der Waals surface area contributed by atoms with Crippen LogP contribution in [0.15, 0.2) is 29.7 Å². The lowest BCUT2D eigenvalue weighted by molar-refractivity contribution is 0.315. The molecular formula is C15H16ClFN6O2S. The molecule has 0 unspecified atom stereocenters. The van der Waals surface area contributed by atoms with E-state index >= 15 is 0 Å². The maximum Gasteiger partial charge on any atom is 0.247 e. The lowest BCUT2D eigenvalue weighted by atomic mass is 9.91. The molecule has 1 aliphatic heterocycles. The second kappa shape index (κ2) is 6.29. The fourth-order valence-electron chi connectivity index (χ4n) is 3.19. The van der Waals surface area contributed by atoms with Crippen molar-refractivity contribution in [3.8, 4) is 0 Å². The number of fused-ring (bicyclic) bond motifs is 1. The number of aromatic nitrogens is 5. The van der Waals surface area contributed by atoms with Crippen LogP contribution in [0.4, 0.5) is 4.39 Å². The van der Waals surface area contributed by atoms with Crippen LogP contribution in [-0.2, 0) is 17.0 Å². The van der Waals surface area contributed by atoms with Crippen molar-refractivity contribution in [2.24, 2.45) is 6.98 Å². The van der Waals surface area contributed by atoms with Gasteiger partial charge in [-0.1, -0.05) is 11.6 Å². The zero-order valence-corrected chi connectivity index (χ0v) is 15.0. The molecule has 8 nitrogen and oxygen atoms in total. The molecular weight excluding hydrogens is 383 g/mol. The summed E-state index contributed by atoms with van der Waals surface area (Å²) in [5, 5.41) is 7.14. The van der Waals surface area contributed by atoms with E-state index in [1.54, 1.807) is 6.20 Å². The summed E-state index contributed by atoms with van der Waals surface area (Å²) in [6.07, 6.45) is 4.62. The first kappa shape index (κ1) is 14.1. The topological polar surface area (TPSA) is 85.4 Å². The van der Waals surface area contributed by atoms with E-state index < -0.39 is 28.0 Å². The van der Waals surface area contributed by atoms with Gasteiger partial charge in [0.15, 0.2) is 5.65 Å². The molecule has 0 N–H and O–H groups in total. The number of hydrogen-bond donors (Lipinski definition) is 0. The lowest BCUT2D eigenvalue weighted by Crippen LogP contribution is -2.38. The highest BCUT2D eigenvalue weighted by Gasteiger charge is 2.33. The minimum Gasteiger partial charge on any atom is -0.256 e. The Morgan fingerprint density at radius 1 is 1.35 bits per heavy atom. The third-order valence-electron chi connectivity index (χ3n) is 4.59. The summed E-state index contributed by atoms with van der Waals surface area (Å²) in [6.45, 7) is -2.41. The van der Waals surface area contributed by atoms with E-state index in [0.29, 0.717) is 28.7 Å². The van der Waals surface area contributed by atoms with Crippen LogP contribution in [-0.4, -0.2) is 50.2 Å². The van der Waals surface area contributed by atoms with Gasteiger partial charge in [-0.25, -0.2) is 22.3 Å². The first-order valence-electron chi connectivity index (χ1n) is 9.32. The smallest absolute Gasteiger partial charge is 0.247 e. The van der Waals surface area contributed by atoms with Gasteiger partial charge in [0.2, 0.25) is 10.0 Å². The molecule has 0 spiro atoms. The molecule has 4 heterocycles. The average molecular weight is 402 g/mol. The number of pyridine rings is 1. The van der Waals surface area contributed by atoms with Gasteiger partial charge in [-0.15, -0.1) is 0 Å². The van der Waals surface area contributed by atoms with E-state index in [1.807, 2.05) is 0 Å². The Morgan fingerprint density at radius 2 is 2.12 bits per heavy atom. The van der Waals surface area contributed by atoms with Gasteiger partial charge in [-0.05, 0) is 18.8 Å². The zero-order chi connectivity index (χ0) is 21.0. The molecule has 0 amide bonds. The summed E-state index contributed by atoms with van der Waals surface area (Å²) in [7, 11) is -4.03. The van der Waals surface area contributed by atoms with E-state index in [-0.39, 0.29) is 23.9 Å². The monoisotopic (exact) mass is 401 g/mol. The van der Waals surface area contributed by atoms with Crippen LogP contribution in [0.5, 0.6) is 0 Å². The van der Waals surface area contributed by atoms with Crippen molar-refractivity contribution in [1.29, 1.82) is 0 Å². The zero-order valence-electron chi connectivity index (χ0n) is 16.4. The van der Waals surface area contributed by atoms with Crippen molar-refractivity contribution in [3.63, 3.8) is 0 Å². The number of hydrogen-bond acceptors (Lipinski definition) is 5. The van der Waals surface area contributed by atoms with Crippen LogP contribution in [0.2, 0.25) is 5.15 Å². The number of aryl methyl sites for hydroxylation is 1. The SMILES string of the molecule is [2H]C([2H])([2H])n1ncc(S(=O)(=O)N2CCC(c3cn4ncnc4cc3F)CC2)c1Cl. The largest absolute Gasteiger partial charge is 0.256 e. The molecule has 1 saturated heterocycles. The Morgan fingerprint density at radius 3 is 2.81 bits per heavy atom. The van der Waals surface area contributed by atoms with Crippen molar-refractivity contribution in [1.82, 2.24) is 28.7 Å². The maximum absolute atomic E-state index is 14.5. The molecule has 1 aliphatic rings. The van der Waals surface area contributed by atoms with Crippen molar-refractivity contribution in [2.75, 3.05) is 13.1 Å². The van der Waals surface area contributed by atoms with Gasteiger partial charge in [0.05, 0.1) is 6.20 Å². The molecule has 0 aliphatic carbocycles. The van der Waals surface area contributed by atoms with E-state index in [9.17, 15) is 12.8 Å². The van der Waals surface area contributed by atoms with Crippen LogP contribution >= 0.6 is 11.6 Å². The summed E-state index contributed by atoms with van der Waals surface area (Å²) >= 11 is 5.97. The molecule has 26 heavy (non-hydrogen) atoms. The Labute approximate surface area is 158 Å². The molecule has 3 aromatic heterocycles. The minimum absolute atomic E-state index is 0.136. The second-order valence-corrected chi connectivity index (χ2v) is 8.29. The average Bonchev–Trinajstić information content (AvgIpc) is 3.26. The van der Waals surface area contributed by atoms with E-state index in [1.165, 1.54) is 21.2 Å². The highest BCUT2D eigenvalue weighted by molar-refractivity contribution is 7.89. The summed E-state index contributed by atoms with van der Waals surface area (Å²) in [5.41, 5.74) is 0.848. The summed E-state index contributed by atoms with van der Waals surface area (Å²) in [5.74, 6) is -0.593. The van der Waals surface area contributed by atoms with Gasteiger partial charge in [-0.3, -0.25) is 4.68 Å². The lowest BCUT2D eigenvalue weighted by Gasteiger charge is -2.31. The van der Waals surface area contributed by atoms with Gasteiger partial charge >= 0.3 is 0 Å². The van der Waals surface area contributed by atoms with Gasteiger partial charge in [0.1, 0.15) is 22.2 Å². The number of halogens is 2. The fourth-order valence-corrected chi connectivity index (χ4v) is 5.02. The molecule has 0 saturated carbocycles. The molecule has 138 valence electrons. The summed E-state index contributed by atoms with van der Waals surface area (Å²) < 4.78 is 65.5. The molecule has 0 radical (unpaired) electrons. The summed E-state index contributed by atoms with van der Waals surface area (Å²) in [6, 6.07) is 1.30. The van der Waals surface area contributed by atoms with Gasteiger partial charge in [-0.2, -0.15) is 14.5 Å². The Kier molecular flexibility index (Phi) is 3.40. The number of sulfonamides is 1. The number of rotatable bonds is 3. The van der Waals surface area contributed by atoms with Crippen molar-refractivity contribution >= 4 is 27.3 Å². The van der Waals surface area contributed by atoms with Crippen LogP contribution in [0.25, 0.3) is 5.65 Å². The first-order chi connectivity index (χ1) is 13.6. The molecule has 0 aromatic carbocycles. The molecule has 11 heteroatoms. The molecule has 4 rings (SSSR count). The van der Waals surface area contributed by atoms with Gasteiger partial charge in [0.25, 0.3) is 0 Å². The highest BCUT2D eigenvalue weighted by atomic mass is 35.5. The summed E-state index contributed by atoms with van der Waals surface area (Å²) in [4.78, 5) is 3.58. The first-order valence-corrected chi connectivity index (χ1v) is 9.64. The van der Waals surface area contributed by atoms with Crippen LogP contribution in [0.3, 0.4) is 0 Å². The van der Waals surface area contributed by atoms with Crippen molar-refractivity contribution in [2.45, 2.75) is 23.7 Å². The molecule has 1 fully saturated rings. The van der Waals surface area contributed by atoms with Crippen LogP contribution in [0, 0.1) is 5.82 Å². The van der Waals surface area contributed by atoms with E-state index in [2.05, 4.69) is 15.2 Å². The standard InChI is InChI=1S/C15H16ClFN6O2S/c1-21-15(16)13(7-19-21)26(24,25)22-4-2-10(3-5-22)11-8-23-14(6-12(11)17)18-9-20-23/h6-10H,2-5H2,1H3/i1D3. The third kappa shape index (κ3) is 2.78. The van der Waals surface area contributed by atoms with Crippen molar-refractivity contribution < 1.29 is 16.9 Å². The Bertz CT molecular complexity index is 1170. The maximum atomic E-state index is 14.5. The number of nitrogens with zero attached hydrogens (tertiary/aromatic N) is 6.